The predicted molar refractivity (Wildman–Crippen MR) is 84.5 cm³/mol. The molecule has 0 heterocycles. The highest BCUT2D eigenvalue weighted by atomic mass is 35.5. The van der Waals surface area contributed by atoms with Crippen LogP contribution in [0.5, 0.6) is 5.75 Å². The summed E-state index contributed by atoms with van der Waals surface area (Å²) in [5.41, 5.74) is 1.40. The van der Waals surface area contributed by atoms with Crippen molar-refractivity contribution in [1.82, 2.24) is 0 Å². The van der Waals surface area contributed by atoms with Gasteiger partial charge >= 0.3 is 5.97 Å². The van der Waals surface area contributed by atoms with Crippen molar-refractivity contribution >= 4 is 29.2 Å². The van der Waals surface area contributed by atoms with Crippen LogP contribution in [0.4, 0.5) is 5.69 Å². The van der Waals surface area contributed by atoms with Gasteiger partial charge in [0.05, 0.1) is 18.7 Å². The van der Waals surface area contributed by atoms with Crippen molar-refractivity contribution in [2.24, 2.45) is 11.8 Å². The molecule has 0 spiro atoms. The van der Waals surface area contributed by atoms with Crippen LogP contribution in [0.15, 0.2) is 12.1 Å². The van der Waals surface area contributed by atoms with Gasteiger partial charge in [-0.25, -0.2) is 0 Å². The first kappa shape index (κ1) is 16.6. The fourth-order valence-corrected chi connectivity index (χ4v) is 2.97. The van der Waals surface area contributed by atoms with Gasteiger partial charge in [-0.05, 0) is 37.8 Å². The largest absolute Gasteiger partial charge is 0.495 e. The lowest BCUT2D eigenvalue weighted by molar-refractivity contribution is -0.143. The van der Waals surface area contributed by atoms with E-state index < -0.39 is 11.9 Å². The summed E-state index contributed by atoms with van der Waals surface area (Å²) in [6, 6.07) is 3.42. The molecule has 1 aliphatic carbocycles. The standard InChI is InChI=1S/C16H20ClNO4/c1-9-6-13(14(22-2)8-12(9)17)18-15(19)10-4-3-5-11(7-10)16(20)21/h6,8,10-11H,3-5,7H2,1-2H3,(H,18,19)(H,20,21). The summed E-state index contributed by atoms with van der Waals surface area (Å²) < 4.78 is 5.24. The van der Waals surface area contributed by atoms with Gasteiger partial charge in [0.1, 0.15) is 5.75 Å². The van der Waals surface area contributed by atoms with Gasteiger partial charge in [-0.1, -0.05) is 18.0 Å². The highest BCUT2D eigenvalue weighted by molar-refractivity contribution is 6.31. The molecule has 0 bridgehead atoms. The number of carboxylic acids is 1. The van der Waals surface area contributed by atoms with Crippen LogP contribution in [-0.4, -0.2) is 24.1 Å². The van der Waals surface area contributed by atoms with Crippen LogP contribution in [0.3, 0.4) is 0 Å². The maximum atomic E-state index is 12.4. The summed E-state index contributed by atoms with van der Waals surface area (Å²) in [6.07, 6.45) is 2.49. The van der Waals surface area contributed by atoms with Gasteiger partial charge in [0.25, 0.3) is 0 Å². The van der Waals surface area contributed by atoms with Crippen LogP contribution in [0, 0.1) is 18.8 Å². The third-order valence-electron chi connectivity index (χ3n) is 4.13. The molecule has 22 heavy (non-hydrogen) atoms. The molecular formula is C16H20ClNO4. The van der Waals surface area contributed by atoms with Crippen LogP contribution >= 0.6 is 11.6 Å². The second-order valence-corrected chi connectivity index (χ2v) is 6.10. The monoisotopic (exact) mass is 325 g/mol. The van der Waals surface area contributed by atoms with E-state index in [1.54, 1.807) is 12.1 Å². The average molecular weight is 326 g/mol. The Morgan fingerprint density at radius 2 is 2.00 bits per heavy atom. The van der Waals surface area contributed by atoms with Crippen molar-refractivity contribution in [2.75, 3.05) is 12.4 Å². The van der Waals surface area contributed by atoms with Gasteiger partial charge in [0.15, 0.2) is 0 Å². The van der Waals surface area contributed by atoms with E-state index in [2.05, 4.69) is 5.32 Å². The highest BCUT2D eigenvalue weighted by Gasteiger charge is 2.31. The number of carboxylic acid groups (broad SMARTS) is 1. The van der Waals surface area contributed by atoms with Crippen molar-refractivity contribution < 1.29 is 19.4 Å². The summed E-state index contributed by atoms with van der Waals surface area (Å²) in [4.78, 5) is 23.5. The molecule has 2 N–H and O–H groups in total. The van der Waals surface area contributed by atoms with E-state index in [1.807, 2.05) is 6.92 Å². The normalized spacial score (nSPS) is 21.2. The van der Waals surface area contributed by atoms with Crippen LogP contribution in [0.25, 0.3) is 0 Å². The number of hydrogen-bond donors (Lipinski definition) is 2. The van der Waals surface area contributed by atoms with Gasteiger partial charge in [0.2, 0.25) is 5.91 Å². The third-order valence-corrected chi connectivity index (χ3v) is 4.54. The number of aliphatic carboxylic acids is 1. The number of nitrogens with one attached hydrogen (secondary N) is 1. The van der Waals surface area contributed by atoms with E-state index in [9.17, 15) is 9.59 Å². The third kappa shape index (κ3) is 3.71. The molecule has 1 aromatic rings. The molecule has 2 atom stereocenters. The van der Waals surface area contributed by atoms with Crippen molar-refractivity contribution in [3.8, 4) is 5.75 Å². The van der Waals surface area contributed by atoms with E-state index in [1.165, 1.54) is 7.11 Å². The van der Waals surface area contributed by atoms with E-state index in [-0.39, 0.29) is 11.8 Å². The van der Waals surface area contributed by atoms with Crippen molar-refractivity contribution in [2.45, 2.75) is 32.6 Å². The fraction of sp³-hybridized carbons (Fsp3) is 0.500. The van der Waals surface area contributed by atoms with Gasteiger partial charge in [-0.15, -0.1) is 0 Å². The molecule has 6 heteroatoms. The van der Waals surface area contributed by atoms with E-state index in [4.69, 9.17) is 21.4 Å². The Kier molecular flexibility index (Phi) is 5.29. The smallest absolute Gasteiger partial charge is 0.306 e. The SMILES string of the molecule is COc1cc(Cl)c(C)cc1NC(=O)C1CCCC(C(=O)O)C1. The van der Waals surface area contributed by atoms with Crippen LogP contribution < -0.4 is 10.1 Å². The topological polar surface area (TPSA) is 75.6 Å². The first-order valence-electron chi connectivity index (χ1n) is 7.30. The number of carbonyl (C=O) groups is 2. The average Bonchev–Trinajstić information content (AvgIpc) is 2.50. The summed E-state index contributed by atoms with van der Waals surface area (Å²) in [5.74, 6) is -1.20. The van der Waals surface area contributed by atoms with Gasteiger partial charge in [-0.3, -0.25) is 9.59 Å². The number of hydrogen-bond acceptors (Lipinski definition) is 3. The molecule has 0 radical (unpaired) electrons. The first-order chi connectivity index (χ1) is 10.4. The quantitative estimate of drug-likeness (QED) is 0.888. The van der Waals surface area contributed by atoms with E-state index in [0.717, 1.165) is 12.0 Å². The Morgan fingerprint density at radius 3 is 2.64 bits per heavy atom. The molecule has 0 aromatic heterocycles. The minimum atomic E-state index is -0.822. The lowest BCUT2D eigenvalue weighted by Gasteiger charge is -2.26. The molecule has 0 aliphatic heterocycles. The zero-order valence-electron chi connectivity index (χ0n) is 12.7. The number of methoxy groups -OCH3 is 1. The number of halogens is 1. The molecule has 1 fully saturated rings. The van der Waals surface area contributed by atoms with Gasteiger partial charge in [0, 0.05) is 17.0 Å². The molecule has 5 nitrogen and oxygen atoms in total. The Balaban J connectivity index is 2.11. The Labute approximate surface area is 134 Å². The molecule has 120 valence electrons. The minimum Gasteiger partial charge on any atom is -0.495 e. The molecule has 2 rings (SSSR count). The van der Waals surface area contributed by atoms with Gasteiger partial charge < -0.3 is 15.2 Å². The lowest BCUT2D eigenvalue weighted by Crippen LogP contribution is -2.31. The minimum absolute atomic E-state index is 0.161. The Bertz CT molecular complexity index is 588. The van der Waals surface area contributed by atoms with Crippen molar-refractivity contribution in [3.63, 3.8) is 0 Å². The summed E-state index contributed by atoms with van der Waals surface area (Å²) in [5, 5.41) is 12.5. The van der Waals surface area contributed by atoms with Crippen molar-refractivity contribution in [1.29, 1.82) is 0 Å². The van der Waals surface area contributed by atoms with Gasteiger partial charge in [-0.2, -0.15) is 0 Å². The van der Waals surface area contributed by atoms with Crippen molar-refractivity contribution in [3.05, 3.63) is 22.7 Å². The number of aryl methyl sites for hydroxylation is 1. The number of carbonyl (C=O) groups excluding carboxylic acids is 1. The maximum absolute atomic E-state index is 12.4. The van der Waals surface area contributed by atoms with Crippen LogP contribution in [0.2, 0.25) is 5.02 Å². The van der Waals surface area contributed by atoms with Crippen LogP contribution in [-0.2, 0) is 9.59 Å². The molecule has 2 unspecified atom stereocenters. The number of rotatable bonds is 4. The fourth-order valence-electron chi connectivity index (χ4n) is 2.82. The molecule has 1 aromatic carbocycles. The number of amides is 1. The zero-order valence-corrected chi connectivity index (χ0v) is 13.4. The molecule has 1 saturated carbocycles. The number of benzene rings is 1. The molecule has 0 saturated heterocycles. The lowest BCUT2D eigenvalue weighted by atomic mass is 9.81. The summed E-state index contributed by atoms with van der Waals surface area (Å²) in [6.45, 7) is 1.85. The summed E-state index contributed by atoms with van der Waals surface area (Å²) >= 11 is 6.05. The second-order valence-electron chi connectivity index (χ2n) is 5.69. The Morgan fingerprint density at radius 1 is 1.32 bits per heavy atom. The first-order valence-corrected chi connectivity index (χ1v) is 7.68. The highest BCUT2D eigenvalue weighted by Crippen LogP contribution is 2.34. The van der Waals surface area contributed by atoms with Crippen LogP contribution in [0.1, 0.15) is 31.2 Å². The second kappa shape index (κ2) is 7.01. The Hall–Kier alpha value is -1.75. The van der Waals surface area contributed by atoms with E-state index in [0.29, 0.717) is 35.7 Å². The van der Waals surface area contributed by atoms with E-state index >= 15 is 0 Å². The maximum Gasteiger partial charge on any atom is 0.306 e. The molecular weight excluding hydrogens is 306 g/mol. The molecule has 1 aliphatic rings. The number of anilines is 1. The predicted octanol–water partition coefficient (Wildman–Crippen LogP) is 3.49. The number of ether oxygens (including phenoxy) is 1. The summed E-state index contributed by atoms with van der Waals surface area (Å²) in [7, 11) is 1.51. The molecule has 1 amide bonds. The zero-order chi connectivity index (χ0) is 16.3.